The van der Waals surface area contributed by atoms with Gasteiger partial charge >= 0.3 is 0 Å². The van der Waals surface area contributed by atoms with E-state index in [1.54, 1.807) is 0 Å². The molecule has 0 aromatic heterocycles. The van der Waals surface area contributed by atoms with Crippen LogP contribution in [0.25, 0.3) is 0 Å². The summed E-state index contributed by atoms with van der Waals surface area (Å²) in [6, 6.07) is 17.9. The monoisotopic (exact) mass is 330 g/mol. The molecular weight excluding hydrogens is 302 g/mol. The average Bonchev–Trinajstić information content (AvgIpc) is 2.61. The van der Waals surface area contributed by atoms with Crippen LogP contribution in [0.3, 0.4) is 0 Å². The smallest absolute Gasteiger partial charge is 0.120 e. The molecule has 24 heavy (non-hydrogen) atoms. The minimum atomic E-state index is -0.233. The molecule has 0 amide bonds. The standard InChI is InChI=1S/C20H27NO3/c1-17(22)15-21-13-5-6-14-23-19-9-11-20(12-10-19)24-16-18-7-3-2-4-8-18/h2-4,7-12,17,21-22H,5-6,13-16H2,1H3/p+1/t17-/m0/s1. The minimum absolute atomic E-state index is 0.233. The lowest BCUT2D eigenvalue weighted by Gasteiger charge is -2.09. The zero-order valence-electron chi connectivity index (χ0n) is 14.4. The van der Waals surface area contributed by atoms with Gasteiger partial charge in [-0.3, -0.25) is 0 Å². The van der Waals surface area contributed by atoms with Crippen molar-refractivity contribution in [3.8, 4) is 11.5 Å². The van der Waals surface area contributed by atoms with Crippen LogP contribution in [0.4, 0.5) is 0 Å². The molecule has 0 unspecified atom stereocenters. The molecule has 4 heteroatoms. The second kappa shape index (κ2) is 10.7. The van der Waals surface area contributed by atoms with Gasteiger partial charge in [-0.05, 0) is 49.6 Å². The summed E-state index contributed by atoms with van der Waals surface area (Å²) in [7, 11) is 0. The van der Waals surface area contributed by atoms with Crippen LogP contribution in [0.1, 0.15) is 25.3 Å². The fourth-order valence-corrected chi connectivity index (χ4v) is 2.31. The number of aliphatic hydroxyl groups excluding tert-OH is 1. The fraction of sp³-hybridized carbons (Fsp3) is 0.400. The van der Waals surface area contributed by atoms with E-state index in [-0.39, 0.29) is 6.10 Å². The molecule has 0 spiro atoms. The Balaban J connectivity index is 1.60. The number of hydrogen-bond acceptors (Lipinski definition) is 3. The lowest BCUT2D eigenvalue weighted by molar-refractivity contribution is -0.660. The Morgan fingerprint density at radius 1 is 0.917 bits per heavy atom. The molecule has 0 aliphatic heterocycles. The summed E-state index contributed by atoms with van der Waals surface area (Å²) in [4.78, 5) is 0. The zero-order valence-corrected chi connectivity index (χ0v) is 14.4. The number of rotatable bonds is 11. The van der Waals surface area contributed by atoms with Crippen molar-refractivity contribution < 1.29 is 19.9 Å². The minimum Gasteiger partial charge on any atom is -0.494 e. The molecule has 0 heterocycles. The Morgan fingerprint density at radius 3 is 2.25 bits per heavy atom. The van der Waals surface area contributed by atoms with E-state index in [9.17, 15) is 0 Å². The molecule has 130 valence electrons. The number of quaternary nitrogens is 1. The first kappa shape index (κ1) is 18.3. The predicted molar refractivity (Wildman–Crippen MR) is 95.3 cm³/mol. The van der Waals surface area contributed by atoms with Gasteiger partial charge in [0.2, 0.25) is 0 Å². The molecule has 1 atom stereocenters. The Hall–Kier alpha value is -2.04. The first-order valence-corrected chi connectivity index (χ1v) is 8.63. The maximum absolute atomic E-state index is 9.16. The van der Waals surface area contributed by atoms with E-state index < -0.39 is 0 Å². The van der Waals surface area contributed by atoms with Gasteiger partial charge in [0.25, 0.3) is 0 Å². The topological polar surface area (TPSA) is 55.3 Å². The number of benzene rings is 2. The number of unbranched alkanes of at least 4 members (excludes halogenated alkanes) is 1. The van der Waals surface area contributed by atoms with E-state index in [0.717, 1.165) is 43.0 Å². The third kappa shape index (κ3) is 7.49. The normalized spacial score (nSPS) is 11.9. The summed E-state index contributed by atoms with van der Waals surface area (Å²) < 4.78 is 11.5. The van der Waals surface area contributed by atoms with Crippen LogP contribution in [-0.2, 0) is 6.61 Å². The Labute approximate surface area is 144 Å². The largest absolute Gasteiger partial charge is 0.494 e. The third-order valence-electron chi connectivity index (χ3n) is 3.65. The summed E-state index contributed by atoms with van der Waals surface area (Å²) in [6.45, 7) is 4.90. The second-order valence-electron chi connectivity index (χ2n) is 5.96. The van der Waals surface area contributed by atoms with Crippen LogP contribution in [0.5, 0.6) is 11.5 Å². The Bertz CT molecular complexity index is 555. The highest BCUT2D eigenvalue weighted by Gasteiger charge is 2.00. The van der Waals surface area contributed by atoms with Gasteiger partial charge in [0.15, 0.2) is 0 Å². The van der Waals surface area contributed by atoms with Crippen molar-refractivity contribution in [1.82, 2.24) is 0 Å². The van der Waals surface area contributed by atoms with E-state index in [1.807, 2.05) is 49.4 Å². The Kier molecular flexibility index (Phi) is 8.15. The molecule has 0 aliphatic carbocycles. The number of aliphatic hydroxyl groups is 1. The molecule has 3 N–H and O–H groups in total. The lowest BCUT2D eigenvalue weighted by atomic mass is 10.2. The average molecular weight is 330 g/mol. The van der Waals surface area contributed by atoms with Crippen molar-refractivity contribution in [2.45, 2.75) is 32.5 Å². The highest BCUT2D eigenvalue weighted by Crippen LogP contribution is 2.18. The summed E-state index contributed by atoms with van der Waals surface area (Å²) >= 11 is 0. The first-order chi connectivity index (χ1) is 11.7. The van der Waals surface area contributed by atoms with Crippen molar-refractivity contribution in [1.29, 1.82) is 0 Å². The number of nitrogens with two attached hydrogens (primary N) is 1. The number of hydrogen-bond donors (Lipinski definition) is 2. The van der Waals surface area contributed by atoms with Crippen molar-refractivity contribution in [2.24, 2.45) is 0 Å². The van der Waals surface area contributed by atoms with Crippen LogP contribution in [0.2, 0.25) is 0 Å². The molecule has 0 saturated carbocycles. The predicted octanol–water partition coefficient (Wildman–Crippen LogP) is 2.37. The van der Waals surface area contributed by atoms with Gasteiger partial charge in [0.1, 0.15) is 24.7 Å². The second-order valence-corrected chi connectivity index (χ2v) is 5.96. The highest BCUT2D eigenvalue weighted by atomic mass is 16.5. The molecule has 2 aromatic carbocycles. The van der Waals surface area contributed by atoms with Gasteiger partial charge in [-0.1, -0.05) is 30.3 Å². The van der Waals surface area contributed by atoms with Gasteiger partial charge in [0.05, 0.1) is 19.3 Å². The van der Waals surface area contributed by atoms with Gasteiger partial charge in [-0.2, -0.15) is 0 Å². The molecule has 0 aliphatic rings. The van der Waals surface area contributed by atoms with Crippen LogP contribution in [0, 0.1) is 0 Å². The maximum Gasteiger partial charge on any atom is 0.120 e. The summed E-state index contributed by atoms with van der Waals surface area (Å²) in [5.41, 5.74) is 1.16. The van der Waals surface area contributed by atoms with Crippen LogP contribution < -0.4 is 14.8 Å². The molecule has 2 rings (SSSR count). The van der Waals surface area contributed by atoms with Crippen molar-refractivity contribution in [3.05, 3.63) is 60.2 Å². The maximum atomic E-state index is 9.16. The van der Waals surface area contributed by atoms with E-state index in [4.69, 9.17) is 14.6 Å². The molecule has 0 bridgehead atoms. The summed E-state index contributed by atoms with van der Waals surface area (Å²) in [5.74, 6) is 1.72. The van der Waals surface area contributed by atoms with Gasteiger partial charge in [0, 0.05) is 0 Å². The first-order valence-electron chi connectivity index (χ1n) is 8.63. The lowest BCUT2D eigenvalue weighted by Crippen LogP contribution is -2.86. The summed E-state index contributed by atoms with van der Waals surface area (Å²) in [6.07, 6.45) is 1.87. The van der Waals surface area contributed by atoms with E-state index in [1.165, 1.54) is 0 Å². The molecule has 2 aromatic rings. The van der Waals surface area contributed by atoms with Crippen molar-refractivity contribution in [2.75, 3.05) is 19.7 Å². The fourth-order valence-electron chi connectivity index (χ4n) is 2.31. The van der Waals surface area contributed by atoms with Crippen LogP contribution in [0.15, 0.2) is 54.6 Å². The molecule has 0 radical (unpaired) electrons. The highest BCUT2D eigenvalue weighted by molar-refractivity contribution is 5.31. The van der Waals surface area contributed by atoms with Gasteiger partial charge < -0.3 is 19.9 Å². The third-order valence-corrected chi connectivity index (χ3v) is 3.65. The molecule has 0 fully saturated rings. The van der Waals surface area contributed by atoms with Gasteiger partial charge in [-0.15, -0.1) is 0 Å². The van der Waals surface area contributed by atoms with Crippen molar-refractivity contribution >= 4 is 0 Å². The van der Waals surface area contributed by atoms with Crippen LogP contribution >= 0.6 is 0 Å². The van der Waals surface area contributed by atoms with Gasteiger partial charge in [-0.25, -0.2) is 0 Å². The van der Waals surface area contributed by atoms with E-state index >= 15 is 0 Å². The number of ether oxygens (including phenoxy) is 2. The zero-order chi connectivity index (χ0) is 17.0. The Morgan fingerprint density at radius 2 is 1.58 bits per heavy atom. The van der Waals surface area contributed by atoms with E-state index in [2.05, 4.69) is 17.4 Å². The molecular formula is C20H28NO3+. The SMILES string of the molecule is C[C@H](O)C[NH2+]CCCCOc1ccc(OCc2ccccc2)cc1. The molecule has 0 saturated heterocycles. The summed E-state index contributed by atoms with van der Waals surface area (Å²) in [5, 5.41) is 11.3. The van der Waals surface area contributed by atoms with Crippen molar-refractivity contribution in [3.63, 3.8) is 0 Å². The van der Waals surface area contributed by atoms with Crippen LogP contribution in [-0.4, -0.2) is 30.9 Å². The quantitative estimate of drug-likeness (QED) is 0.622. The van der Waals surface area contributed by atoms with E-state index in [0.29, 0.717) is 13.2 Å². The molecule has 4 nitrogen and oxygen atoms in total.